The van der Waals surface area contributed by atoms with E-state index in [9.17, 15) is 13.2 Å². The molecule has 2 atom stereocenters. The van der Waals surface area contributed by atoms with Crippen molar-refractivity contribution in [2.24, 2.45) is 11.7 Å². The summed E-state index contributed by atoms with van der Waals surface area (Å²) in [7, 11) is -3.01. The van der Waals surface area contributed by atoms with Gasteiger partial charge in [-0.2, -0.15) is 0 Å². The van der Waals surface area contributed by atoms with Crippen LogP contribution in [0.25, 0.3) is 0 Å². The maximum Gasteiger partial charge on any atom is 0.223 e. The van der Waals surface area contributed by atoms with E-state index in [1.165, 1.54) is 4.90 Å². The number of nitrogens with two attached hydrogens (primary N) is 1. The number of terminal acetylenes is 1. The van der Waals surface area contributed by atoms with Gasteiger partial charge in [-0.15, -0.1) is 6.42 Å². The van der Waals surface area contributed by atoms with Crippen molar-refractivity contribution in [2.45, 2.75) is 25.8 Å². The lowest BCUT2D eigenvalue weighted by Crippen LogP contribution is -2.42. The predicted molar refractivity (Wildman–Crippen MR) is 70.4 cm³/mol. The number of rotatable bonds is 5. The summed E-state index contributed by atoms with van der Waals surface area (Å²) in [5, 5.41) is 0. The average molecular weight is 272 g/mol. The quantitative estimate of drug-likeness (QED) is 0.692. The van der Waals surface area contributed by atoms with Crippen LogP contribution in [0.4, 0.5) is 0 Å². The van der Waals surface area contributed by atoms with E-state index < -0.39 is 9.84 Å². The molecule has 1 aliphatic rings. The van der Waals surface area contributed by atoms with Crippen LogP contribution in [0.5, 0.6) is 0 Å². The molecular weight excluding hydrogens is 252 g/mol. The van der Waals surface area contributed by atoms with Crippen LogP contribution in [0.3, 0.4) is 0 Å². The molecule has 0 aliphatic carbocycles. The molecule has 0 aromatic carbocycles. The third kappa shape index (κ3) is 4.00. The monoisotopic (exact) mass is 272 g/mol. The van der Waals surface area contributed by atoms with Gasteiger partial charge >= 0.3 is 0 Å². The van der Waals surface area contributed by atoms with Crippen LogP contribution in [0.2, 0.25) is 0 Å². The molecule has 0 aromatic heterocycles. The standard InChI is InChI=1S/C12H20N2O3S/c1-3-5-14(12(15)7-10(2)8-13)11-4-6-18(16,17)9-11/h1,10-11H,4-9,13H2,2H3. The molecule has 1 heterocycles. The second kappa shape index (κ2) is 6.21. The van der Waals surface area contributed by atoms with Crippen molar-refractivity contribution in [1.29, 1.82) is 0 Å². The Morgan fingerprint density at radius 2 is 2.28 bits per heavy atom. The molecule has 1 aliphatic heterocycles. The molecule has 0 bridgehead atoms. The molecule has 0 radical (unpaired) electrons. The molecule has 18 heavy (non-hydrogen) atoms. The minimum Gasteiger partial charge on any atom is -0.330 e. The van der Waals surface area contributed by atoms with Crippen molar-refractivity contribution in [2.75, 3.05) is 24.6 Å². The number of carbonyl (C=O) groups excluding carboxylic acids is 1. The summed E-state index contributed by atoms with van der Waals surface area (Å²) in [5.41, 5.74) is 5.48. The fourth-order valence-electron chi connectivity index (χ4n) is 2.04. The molecular formula is C12H20N2O3S. The van der Waals surface area contributed by atoms with Crippen LogP contribution in [-0.4, -0.2) is 49.9 Å². The van der Waals surface area contributed by atoms with E-state index in [0.29, 0.717) is 19.4 Å². The normalized spacial score (nSPS) is 23.3. The number of sulfone groups is 1. The fourth-order valence-corrected chi connectivity index (χ4v) is 3.77. The zero-order valence-electron chi connectivity index (χ0n) is 10.6. The first kappa shape index (κ1) is 15.0. The largest absolute Gasteiger partial charge is 0.330 e. The van der Waals surface area contributed by atoms with E-state index in [1.807, 2.05) is 6.92 Å². The van der Waals surface area contributed by atoms with Crippen molar-refractivity contribution >= 4 is 15.7 Å². The lowest BCUT2D eigenvalue weighted by Gasteiger charge is -2.27. The summed E-state index contributed by atoms with van der Waals surface area (Å²) in [6.07, 6.45) is 6.04. The number of amides is 1. The van der Waals surface area contributed by atoms with Gasteiger partial charge in [-0.05, 0) is 18.9 Å². The van der Waals surface area contributed by atoms with Gasteiger partial charge in [0.05, 0.1) is 18.1 Å². The van der Waals surface area contributed by atoms with Gasteiger partial charge in [0.25, 0.3) is 0 Å². The first-order valence-electron chi connectivity index (χ1n) is 6.03. The first-order valence-corrected chi connectivity index (χ1v) is 7.85. The summed E-state index contributed by atoms with van der Waals surface area (Å²) in [6.45, 7) is 2.48. The van der Waals surface area contributed by atoms with E-state index in [2.05, 4.69) is 5.92 Å². The van der Waals surface area contributed by atoms with E-state index in [0.717, 1.165) is 0 Å². The first-order chi connectivity index (χ1) is 8.39. The van der Waals surface area contributed by atoms with Crippen molar-refractivity contribution in [3.8, 4) is 12.3 Å². The molecule has 102 valence electrons. The van der Waals surface area contributed by atoms with Crippen LogP contribution in [0.15, 0.2) is 0 Å². The summed E-state index contributed by atoms with van der Waals surface area (Å²) in [5.74, 6) is 2.56. The maximum absolute atomic E-state index is 12.1. The van der Waals surface area contributed by atoms with E-state index in [1.54, 1.807) is 0 Å². The molecule has 0 spiro atoms. The molecule has 1 rings (SSSR count). The van der Waals surface area contributed by atoms with Gasteiger partial charge in [-0.3, -0.25) is 4.79 Å². The van der Waals surface area contributed by atoms with Crippen molar-refractivity contribution < 1.29 is 13.2 Å². The van der Waals surface area contributed by atoms with Crippen molar-refractivity contribution in [3.63, 3.8) is 0 Å². The number of hydrogen-bond donors (Lipinski definition) is 1. The smallest absolute Gasteiger partial charge is 0.223 e. The van der Waals surface area contributed by atoms with Gasteiger partial charge in [0, 0.05) is 12.5 Å². The van der Waals surface area contributed by atoms with Gasteiger partial charge in [-0.25, -0.2) is 8.42 Å². The second-order valence-electron chi connectivity index (χ2n) is 4.83. The Labute approximate surface area is 109 Å². The third-order valence-corrected chi connectivity index (χ3v) is 4.91. The van der Waals surface area contributed by atoms with E-state index >= 15 is 0 Å². The summed E-state index contributed by atoms with van der Waals surface area (Å²) in [4.78, 5) is 13.6. The van der Waals surface area contributed by atoms with Crippen LogP contribution in [0, 0.1) is 18.3 Å². The van der Waals surface area contributed by atoms with Crippen LogP contribution in [-0.2, 0) is 14.6 Å². The highest BCUT2D eigenvalue weighted by Crippen LogP contribution is 2.19. The molecule has 6 heteroatoms. The molecule has 1 fully saturated rings. The molecule has 0 saturated carbocycles. The van der Waals surface area contributed by atoms with Gasteiger partial charge in [-0.1, -0.05) is 12.8 Å². The molecule has 5 nitrogen and oxygen atoms in total. The third-order valence-electron chi connectivity index (χ3n) is 3.16. The van der Waals surface area contributed by atoms with Gasteiger partial charge in [0.15, 0.2) is 9.84 Å². The van der Waals surface area contributed by atoms with E-state index in [-0.39, 0.29) is 35.9 Å². The van der Waals surface area contributed by atoms with Crippen LogP contribution >= 0.6 is 0 Å². The Morgan fingerprint density at radius 1 is 1.61 bits per heavy atom. The van der Waals surface area contributed by atoms with Crippen molar-refractivity contribution in [3.05, 3.63) is 0 Å². The van der Waals surface area contributed by atoms with Crippen LogP contribution in [0.1, 0.15) is 19.8 Å². The Hall–Kier alpha value is -1.06. The number of hydrogen-bond acceptors (Lipinski definition) is 4. The summed E-state index contributed by atoms with van der Waals surface area (Å²) >= 11 is 0. The molecule has 2 unspecified atom stereocenters. The maximum atomic E-state index is 12.1. The zero-order valence-corrected chi connectivity index (χ0v) is 11.4. The van der Waals surface area contributed by atoms with Gasteiger partial charge < -0.3 is 10.6 Å². The minimum atomic E-state index is -3.01. The van der Waals surface area contributed by atoms with Crippen LogP contribution < -0.4 is 5.73 Å². The second-order valence-corrected chi connectivity index (χ2v) is 7.06. The highest BCUT2D eigenvalue weighted by molar-refractivity contribution is 7.91. The lowest BCUT2D eigenvalue weighted by molar-refractivity contribution is -0.133. The summed E-state index contributed by atoms with van der Waals surface area (Å²) in [6, 6.07) is -0.275. The Balaban J connectivity index is 2.71. The Morgan fingerprint density at radius 3 is 2.72 bits per heavy atom. The highest BCUT2D eigenvalue weighted by atomic mass is 32.2. The SMILES string of the molecule is C#CCN(C(=O)CC(C)CN)C1CCS(=O)(=O)C1. The average Bonchev–Trinajstić information content (AvgIpc) is 2.65. The number of carbonyl (C=O) groups is 1. The fraction of sp³-hybridized carbons (Fsp3) is 0.750. The molecule has 1 saturated heterocycles. The molecule has 1 amide bonds. The van der Waals surface area contributed by atoms with E-state index in [4.69, 9.17) is 12.2 Å². The Bertz CT molecular complexity index is 439. The number of nitrogens with zero attached hydrogens (tertiary/aromatic N) is 1. The molecule has 2 N–H and O–H groups in total. The summed E-state index contributed by atoms with van der Waals surface area (Å²) < 4.78 is 22.9. The van der Waals surface area contributed by atoms with Gasteiger partial charge in [0.1, 0.15) is 0 Å². The van der Waals surface area contributed by atoms with Crippen molar-refractivity contribution in [1.82, 2.24) is 4.90 Å². The Kier molecular flexibility index (Phi) is 5.17. The predicted octanol–water partition coefficient (Wildman–Crippen LogP) is -0.380. The minimum absolute atomic E-state index is 0.0252. The lowest BCUT2D eigenvalue weighted by atomic mass is 10.1. The highest BCUT2D eigenvalue weighted by Gasteiger charge is 2.34. The topological polar surface area (TPSA) is 80.5 Å². The van der Waals surface area contributed by atoms with Gasteiger partial charge in [0.2, 0.25) is 5.91 Å². The zero-order chi connectivity index (χ0) is 13.8. The molecule has 0 aromatic rings.